The van der Waals surface area contributed by atoms with Crippen LogP contribution in [0.25, 0.3) is 0 Å². The first-order chi connectivity index (χ1) is 9.60. The fraction of sp³-hybridized carbons (Fsp3) is 0.250. The molecule has 0 bridgehead atoms. The second-order valence-electron chi connectivity index (χ2n) is 4.53. The van der Waals surface area contributed by atoms with Crippen LogP contribution in [0.1, 0.15) is 30.6 Å². The minimum Gasteiger partial charge on any atom is -0.489 e. The summed E-state index contributed by atoms with van der Waals surface area (Å²) in [7, 11) is 0. The summed E-state index contributed by atoms with van der Waals surface area (Å²) in [6.07, 6.45) is 0.230. The van der Waals surface area contributed by atoms with E-state index in [0.29, 0.717) is 18.8 Å². The summed E-state index contributed by atoms with van der Waals surface area (Å²) in [5, 5.41) is 9.78. The highest BCUT2D eigenvalue weighted by Gasteiger charge is 2.05. The maximum absolute atomic E-state index is 13.0. The zero-order valence-corrected chi connectivity index (χ0v) is 11.9. The molecule has 2 rings (SSSR count). The molecule has 0 fully saturated rings. The molecule has 0 radical (unpaired) electrons. The van der Waals surface area contributed by atoms with E-state index in [1.165, 1.54) is 6.07 Å². The van der Waals surface area contributed by atoms with Crippen LogP contribution in [-0.2, 0) is 6.61 Å². The normalized spacial score (nSPS) is 12.2. The predicted molar refractivity (Wildman–Crippen MR) is 77.4 cm³/mol. The van der Waals surface area contributed by atoms with Crippen molar-refractivity contribution in [2.45, 2.75) is 26.1 Å². The van der Waals surface area contributed by atoms with Gasteiger partial charge in [0, 0.05) is 0 Å². The van der Waals surface area contributed by atoms with Crippen molar-refractivity contribution in [3.63, 3.8) is 0 Å². The van der Waals surface area contributed by atoms with Crippen molar-refractivity contribution in [2.24, 2.45) is 0 Å². The molecule has 0 unspecified atom stereocenters. The number of benzene rings is 2. The highest BCUT2D eigenvalue weighted by molar-refractivity contribution is 6.30. The molecule has 0 aromatic heterocycles. The molecule has 0 heterocycles. The van der Waals surface area contributed by atoms with Gasteiger partial charge in [0.1, 0.15) is 18.2 Å². The standard InChI is InChI=1S/C16H16ClFO2/c1-2-16(19)12-4-6-13(7-5-12)20-10-11-3-8-15(18)14(17)9-11/h3-9,16,19H,2,10H2,1H3/t16-/m0/s1. The highest BCUT2D eigenvalue weighted by atomic mass is 35.5. The van der Waals surface area contributed by atoms with Gasteiger partial charge in [-0.25, -0.2) is 4.39 Å². The number of hydrogen-bond donors (Lipinski definition) is 1. The van der Waals surface area contributed by atoms with E-state index in [9.17, 15) is 9.50 Å². The smallest absolute Gasteiger partial charge is 0.141 e. The number of aliphatic hydroxyl groups is 1. The van der Waals surface area contributed by atoms with E-state index in [0.717, 1.165) is 11.1 Å². The first-order valence-corrected chi connectivity index (χ1v) is 6.82. The van der Waals surface area contributed by atoms with Crippen molar-refractivity contribution in [2.75, 3.05) is 0 Å². The zero-order chi connectivity index (χ0) is 14.5. The fourth-order valence-corrected chi connectivity index (χ4v) is 2.02. The van der Waals surface area contributed by atoms with Gasteiger partial charge in [-0.15, -0.1) is 0 Å². The van der Waals surface area contributed by atoms with Crippen molar-refractivity contribution in [3.8, 4) is 5.75 Å². The molecular formula is C16H16ClFO2. The maximum atomic E-state index is 13.0. The number of rotatable bonds is 5. The third kappa shape index (κ3) is 3.71. The van der Waals surface area contributed by atoms with Gasteiger partial charge in [0.15, 0.2) is 0 Å². The molecule has 4 heteroatoms. The first-order valence-electron chi connectivity index (χ1n) is 6.45. The average molecular weight is 295 g/mol. The Morgan fingerprint density at radius 3 is 2.50 bits per heavy atom. The van der Waals surface area contributed by atoms with Crippen LogP contribution in [0.5, 0.6) is 5.75 Å². The van der Waals surface area contributed by atoms with Gasteiger partial charge in [-0.1, -0.05) is 36.7 Å². The number of ether oxygens (including phenoxy) is 1. The van der Waals surface area contributed by atoms with E-state index in [1.54, 1.807) is 24.3 Å². The van der Waals surface area contributed by atoms with Gasteiger partial charge in [-0.2, -0.15) is 0 Å². The Morgan fingerprint density at radius 2 is 1.90 bits per heavy atom. The first kappa shape index (κ1) is 14.8. The molecule has 2 nitrogen and oxygen atoms in total. The van der Waals surface area contributed by atoms with Crippen molar-refractivity contribution in [3.05, 3.63) is 64.4 Å². The lowest BCUT2D eigenvalue weighted by Gasteiger charge is -2.10. The molecule has 0 spiro atoms. The minimum atomic E-state index is -0.444. The Kier molecular flexibility index (Phi) is 4.99. The molecule has 0 saturated carbocycles. The topological polar surface area (TPSA) is 29.5 Å². The molecule has 0 aliphatic heterocycles. The molecule has 2 aromatic carbocycles. The highest BCUT2D eigenvalue weighted by Crippen LogP contribution is 2.21. The van der Waals surface area contributed by atoms with Crippen molar-refractivity contribution >= 4 is 11.6 Å². The lowest BCUT2D eigenvalue weighted by molar-refractivity contribution is 0.173. The SMILES string of the molecule is CC[C@H](O)c1ccc(OCc2ccc(F)c(Cl)c2)cc1. The maximum Gasteiger partial charge on any atom is 0.141 e. The predicted octanol–water partition coefficient (Wildman–Crippen LogP) is 4.50. The quantitative estimate of drug-likeness (QED) is 0.879. The number of halogens is 2. The van der Waals surface area contributed by atoms with Crippen LogP contribution in [-0.4, -0.2) is 5.11 Å². The third-order valence-electron chi connectivity index (χ3n) is 3.04. The molecular weight excluding hydrogens is 279 g/mol. The van der Waals surface area contributed by atoms with Gasteiger partial charge < -0.3 is 9.84 Å². The lowest BCUT2D eigenvalue weighted by atomic mass is 10.1. The Labute approximate surface area is 122 Å². The Balaban J connectivity index is 1.98. The van der Waals surface area contributed by atoms with Crippen molar-refractivity contribution in [1.29, 1.82) is 0 Å². The zero-order valence-electron chi connectivity index (χ0n) is 11.1. The number of hydrogen-bond acceptors (Lipinski definition) is 2. The molecule has 0 amide bonds. The summed E-state index contributed by atoms with van der Waals surface area (Å²) in [4.78, 5) is 0. The van der Waals surface area contributed by atoms with Crippen LogP contribution in [0.4, 0.5) is 4.39 Å². The summed E-state index contributed by atoms with van der Waals surface area (Å²) in [6, 6.07) is 11.8. The van der Waals surface area contributed by atoms with Crippen LogP contribution in [0.2, 0.25) is 5.02 Å². The van der Waals surface area contributed by atoms with Gasteiger partial charge in [0.05, 0.1) is 11.1 Å². The molecule has 106 valence electrons. The summed E-state index contributed by atoms with van der Waals surface area (Å²) < 4.78 is 18.6. The van der Waals surface area contributed by atoms with E-state index >= 15 is 0 Å². The van der Waals surface area contributed by atoms with E-state index in [2.05, 4.69) is 0 Å². The van der Waals surface area contributed by atoms with Gasteiger partial charge in [0.2, 0.25) is 0 Å². The van der Waals surface area contributed by atoms with Gasteiger partial charge in [0.25, 0.3) is 0 Å². The van der Waals surface area contributed by atoms with Crippen LogP contribution in [0, 0.1) is 5.82 Å². The Bertz CT molecular complexity index is 569. The third-order valence-corrected chi connectivity index (χ3v) is 3.33. The Morgan fingerprint density at radius 1 is 1.20 bits per heavy atom. The van der Waals surface area contributed by atoms with Crippen LogP contribution >= 0.6 is 11.6 Å². The van der Waals surface area contributed by atoms with Gasteiger partial charge in [-0.05, 0) is 41.8 Å². The average Bonchev–Trinajstić information content (AvgIpc) is 2.48. The molecule has 0 aliphatic rings. The summed E-state index contributed by atoms with van der Waals surface area (Å²) in [6.45, 7) is 2.24. The Hall–Kier alpha value is -1.58. The molecule has 2 aromatic rings. The second-order valence-corrected chi connectivity index (χ2v) is 4.94. The number of aliphatic hydroxyl groups excluding tert-OH is 1. The van der Waals surface area contributed by atoms with Gasteiger partial charge >= 0.3 is 0 Å². The lowest BCUT2D eigenvalue weighted by Crippen LogP contribution is -1.98. The largest absolute Gasteiger partial charge is 0.489 e. The second kappa shape index (κ2) is 6.73. The van der Waals surface area contributed by atoms with E-state index in [1.807, 2.05) is 19.1 Å². The van der Waals surface area contributed by atoms with Crippen molar-refractivity contribution < 1.29 is 14.2 Å². The minimum absolute atomic E-state index is 0.0903. The van der Waals surface area contributed by atoms with Crippen LogP contribution in [0.15, 0.2) is 42.5 Å². The summed E-state index contributed by atoms with van der Waals surface area (Å²) in [5.41, 5.74) is 1.67. The molecule has 1 atom stereocenters. The summed E-state index contributed by atoms with van der Waals surface area (Å²) >= 11 is 5.71. The van der Waals surface area contributed by atoms with Crippen LogP contribution in [0.3, 0.4) is 0 Å². The van der Waals surface area contributed by atoms with Crippen LogP contribution < -0.4 is 4.74 Å². The molecule has 1 N–H and O–H groups in total. The molecule has 20 heavy (non-hydrogen) atoms. The molecule has 0 saturated heterocycles. The van der Waals surface area contributed by atoms with Gasteiger partial charge in [-0.3, -0.25) is 0 Å². The van der Waals surface area contributed by atoms with Crippen molar-refractivity contribution in [1.82, 2.24) is 0 Å². The monoisotopic (exact) mass is 294 g/mol. The van der Waals surface area contributed by atoms with E-state index < -0.39 is 11.9 Å². The summed E-state index contributed by atoms with van der Waals surface area (Å²) in [5.74, 6) is 0.255. The van der Waals surface area contributed by atoms with E-state index in [4.69, 9.17) is 16.3 Å². The molecule has 0 aliphatic carbocycles. The van der Waals surface area contributed by atoms with E-state index in [-0.39, 0.29) is 5.02 Å². The fourth-order valence-electron chi connectivity index (χ4n) is 1.82.